The second-order valence-electron chi connectivity index (χ2n) is 6.92. The van der Waals surface area contributed by atoms with Gasteiger partial charge >= 0.3 is 0 Å². The highest BCUT2D eigenvalue weighted by atomic mass is 32.2. The number of nitrogens with one attached hydrogen (secondary N) is 1. The van der Waals surface area contributed by atoms with Gasteiger partial charge in [0.2, 0.25) is 0 Å². The van der Waals surface area contributed by atoms with Crippen molar-refractivity contribution in [1.29, 1.82) is 0 Å². The van der Waals surface area contributed by atoms with E-state index >= 15 is 0 Å². The van der Waals surface area contributed by atoms with Crippen LogP contribution < -0.4 is 5.32 Å². The Bertz CT molecular complexity index is 282. The van der Waals surface area contributed by atoms with Crippen molar-refractivity contribution in [1.82, 2.24) is 10.2 Å². The van der Waals surface area contributed by atoms with Crippen LogP contribution in [-0.4, -0.2) is 60.8 Å². The minimum atomic E-state index is 0.198. The highest BCUT2D eigenvalue weighted by Crippen LogP contribution is 2.37. The zero-order valence-electron chi connectivity index (χ0n) is 13.0. The van der Waals surface area contributed by atoms with Gasteiger partial charge in [0.15, 0.2) is 0 Å². The fraction of sp³-hybridized carbons (Fsp3) is 1.00. The van der Waals surface area contributed by atoms with Gasteiger partial charge in [0, 0.05) is 24.7 Å². The van der Waals surface area contributed by atoms with Gasteiger partial charge in [-0.1, -0.05) is 0 Å². The van der Waals surface area contributed by atoms with Crippen LogP contribution in [0.25, 0.3) is 0 Å². The molecular weight excluding hydrogens is 256 g/mol. The maximum absolute atomic E-state index is 6.15. The van der Waals surface area contributed by atoms with E-state index in [1.54, 1.807) is 0 Å². The molecule has 2 aliphatic rings. The minimum absolute atomic E-state index is 0.198. The van der Waals surface area contributed by atoms with Gasteiger partial charge < -0.3 is 15.0 Å². The Morgan fingerprint density at radius 2 is 2.00 bits per heavy atom. The molecule has 1 unspecified atom stereocenters. The van der Waals surface area contributed by atoms with E-state index in [0.717, 1.165) is 13.2 Å². The molecule has 4 heteroatoms. The fourth-order valence-electron chi connectivity index (χ4n) is 2.85. The average molecular weight is 286 g/mol. The normalized spacial score (nSPS) is 27.9. The molecule has 2 heterocycles. The van der Waals surface area contributed by atoms with Crippen LogP contribution in [0.4, 0.5) is 0 Å². The molecule has 1 N–H and O–H groups in total. The molecule has 1 spiro atoms. The van der Waals surface area contributed by atoms with Crippen molar-refractivity contribution in [3.8, 4) is 0 Å². The molecule has 1 atom stereocenters. The maximum Gasteiger partial charge on any atom is 0.0713 e. The van der Waals surface area contributed by atoms with Gasteiger partial charge in [-0.25, -0.2) is 0 Å². The summed E-state index contributed by atoms with van der Waals surface area (Å²) >= 11 is 2.08. The topological polar surface area (TPSA) is 24.5 Å². The predicted octanol–water partition coefficient (Wildman–Crippen LogP) is 2.36. The summed E-state index contributed by atoms with van der Waals surface area (Å²) in [5.41, 5.74) is 0.414. The van der Waals surface area contributed by atoms with Crippen molar-refractivity contribution in [2.75, 3.05) is 38.8 Å². The molecule has 112 valence electrons. The summed E-state index contributed by atoms with van der Waals surface area (Å²) in [6.45, 7) is 6.58. The lowest BCUT2D eigenvalue weighted by molar-refractivity contribution is -0.0939. The first-order valence-corrected chi connectivity index (χ1v) is 8.72. The van der Waals surface area contributed by atoms with Crippen molar-refractivity contribution < 1.29 is 4.74 Å². The van der Waals surface area contributed by atoms with Crippen LogP contribution in [0.1, 0.15) is 39.5 Å². The number of hydrogen-bond donors (Lipinski definition) is 1. The highest BCUT2D eigenvalue weighted by Gasteiger charge is 2.39. The van der Waals surface area contributed by atoms with E-state index in [1.807, 2.05) is 0 Å². The third-order valence-corrected chi connectivity index (χ3v) is 5.92. The molecule has 0 amide bonds. The van der Waals surface area contributed by atoms with E-state index in [9.17, 15) is 0 Å². The summed E-state index contributed by atoms with van der Waals surface area (Å²) in [5.74, 6) is 2.55. The number of ether oxygens (including phenoxy) is 1. The van der Waals surface area contributed by atoms with Gasteiger partial charge in [-0.15, -0.1) is 0 Å². The Morgan fingerprint density at radius 1 is 1.32 bits per heavy atom. The second-order valence-corrected chi connectivity index (χ2v) is 8.15. The number of hydrogen-bond acceptors (Lipinski definition) is 4. The third kappa shape index (κ3) is 4.10. The van der Waals surface area contributed by atoms with Gasteiger partial charge in [-0.2, -0.15) is 11.8 Å². The highest BCUT2D eigenvalue weighted by molar-refractivity contribution is 7.99. The van der Waals surface area contributed by atoms with E-state index < -0.39 is 0 Å². The predicted molar refractivity (Wildman–Crippen MR) is 84.0 cm³/mol. The molecule has 0 radical (unpaired) electrons. The van der Waals surface area contributed by atoms with Gasteiger partial charge in [-0.3, -0.25) is 0 Å². The summed E-state index contributed by atoms with van der Waals surface area (Å²) in [7, 11) is 4.32. The third-order valence-electron chi connectivity index (χ3n) is 4.93. The van der Waals surface area contributed by atoms with Crippen LogP contribution in [0.15, 0.2) is 0 Å². The molecule has 2 saturated heterocycles. The molecule has 3 nitrogen and oxygen atoms in total. The summed E-state index contributed by atoms with van der Waals surface area (Å²) in [6, 6.07) is 0.635. The fourth-order valence-corrected chi connectivity index (χ4v) is 4.08. The lowest BCUT2D eigenvalue weighted by atomic mass is 9.85. The molecule has 2 aliphatic heterocycles. The average Bonchev–Trinajstić information content (AvgIpc) is 2.37. The SMILES string of the molecule is CN(C)C(C)(C)CNC1CCOC2(CCSCC2)C1. The molecule has 19 heavy (non-hydrogen) atoms. The molecule has 0 aromatic heterocycles. The van der Waals surface area contributed by atoms with E-state index in [2.05, 4.69) is 49.9 Å². The van der Waals surface area contributed by atoms with Crippen LogP contribution in [0.5, 0.6) is 0 Å². The molecule has 2 rings (SSSR count). The van der Waals surface area contributed by atoms with E-state index in [1.165, 1.54) is 37.2 Å². The Balaban J connectivity index is 1.84. The van der Waals surface area contributed by atoms with Crippen molar-refractivity contribution in [2.24, 2.45) is 0 Å². The van der Waals surface area contributed by atoms with Crippen molar-refractivity contribution in [3.63, 3.8) is 0 Å². The molecule has 0 aromatic carbocycles. The number of rotatable bonds is 4. The van der Waals surface area contributed by atoms with Crippen LogP contribution in [0.2, 0.25) is 0 Å². The molecule has 0 saturated carbocycles. The minimum Gasteiger partial charge on any atom is -0.375 e. The van der Waals surface area contributed by atoms with Gasteiger partial charge in [0.05, 0.1) is 5.60 Å². The van der Waals surface area contributed by atoms with Crippen LogP contribution >= 0.6 is 11.8 Å². The molecule has 0 aliphatic carbocycles. The van der Waals surface area contributed by atoms with E-state index in [0.29, 0.717) is 6.04 Å². The van der Waals surface area contributed by atoms with Crippen molar-refractivity contribution >= 4 is 11.8 Å². The van der Waals surface area contributed by atoms with Gasteiger partial charge in [-0.05, 0) is 65.1 Å². The summed E-state index contributed by atoms with van der Waals surface area (Å²) in [6.07, 6.45) is 4.86. The van der Waals surface area contributed by atoms with Gasteiger partial charge in [0.1, 0.15) is 0 Å². The lowest BCUT2D eigenvalue weighted by Crippen LogP contribution is -2.53. The Hall–Kier alpha value is 0.230. The van der Waals surface area contributed by atoms with Crippen molar-refractivity contribution in [3.05, 3.63) is 0 Å². The smallest absolute Gasteiger partial charge is 0.0713 e. The first kappa shape index (κ1) is 15.6. The lowest BCUT2D eigenvalue weighted by Gasteiger charge is -2.44. The summed E-state index contributed by atoms with van der Waals surface area (Å²) in [4.78, 5) is 2.30. The maximum atomic E-state index is 6.15. The van der Waals surface area contributed by atoms with Gasteiger partial charge in [0.25, 0.3) is 0 Å². The Kier molecular flexibility index (Phi) is 5.21. The van der Waals surface area contributed by atoms with E-state index in [4.69, 9.17) is 4.74 Å². The monoisotopic (exact) mass is 286 g/mol. The first-order chi connectivity index (χ1) is 8.94. The molecule has 0 aromatic rings. The molecule has 2 fully saturated rings. The summed E-state index contributed by atoms with van der Waals surface area (Å²) < 4.78 is 6.15. The number of likely N-dealkylation sites (N-methyl/N-ethyl adjacent to an activating group) is 1. The quantitative estimate of drug-likeness (QED) is 0.857. The standard InChI is InChI=1S/C15H30N2OS/c1-14(2,17(3)4)12-16-13-5-8-18-15(11-13)6-9-19-10-7-15/h13,16H,5-12H2,1-4H3. The zero-order valence-corrected chi connectivity index (χ0v) is 13.8. The largest absolute Gasteiger partial charge is 0.375 e. The Labute approximate surface area is 122 Å². The second kappa shape index (κ2) is 6.33. The number of thioether (sulfide) groups is 1. The van der Waals surface area contributed by atoms with Crippen LogP contribution in [-0.2, 0) is 4.74 Å². The van der Waals surface area contributed by atoms with Crippen LogP contribution in [0, 0.1) is 0 Å². The van der Waals surface area contributed by atoms with Crippen molar-refractivity contribution in [2.45, 2.75) is 56.7 Å². The van der Waals surface area contributed by atoms with Crippen LogP contribution in [0.3, 0.4) is 0 Å². The first-order valence-electron chi connectivity index (χ1n) is 7.56. The Morgan fingerprint density at radius 3 is 2.63 bits per heavy atom. The van der Waals surface area contributed by atoms with E-state index in [-0.39, 0.29) is 11.1 Å². The summed E-state index contributed by atoms with van der Waals surface area (Å²) in [5, 5.41) is 3.79. The molecular formula is C15H30N2OS. The number of nitrogens with zero attached hydrogens (tertiary/aromatic N) is 1. The zero-order chi connectivity index (χ0) is 13.9. The molecule has 0 bridgehead atoms.